The van der Waals surface area contributed by atoms with Crippen LogP contribution in [0.3, 0.4) is 0 Å². The first kappa shape index (κ1) is 12.0. The summed E-state index contributed by atoms with van der Waals surface area (Å²) in [6.07, 6.45) is 6.70. The smallest absolute Gasteiger partial charge is 0.289 e. The van der Waals surface area contributed by atoms with E-state index in [2.05, 4.69) is 21.6 Å². The van der Waals surface area contributed by atoms with Crippen LogP contribution in [0, 0.1) is 0 Å². The molecule has 0 bridgehead atoms. The molecule has 0 atom stereocenters. The van der Waals surface area contributed by atoms with Crippen molar-refractivity contribution in [3.63, 3.8) is 0 Å². The van der Waals surface area contributed by atoms with Crippen LogP contribution in [-0.4, -0.2) is 27.4 Å². The van der Waals surface area contributed by atoms with Gasteiger partial charge in [0.05, 0.1) is 6.20 Å². The second-order valence-corrected chi connectivity index (χ2v) is 4.74. The van der Waals surface area contributed by atoms with E-state index in [9.17, 15) is 4.79 Å². The molecule has 3 rings (SSSR count). The summed E-state index contributed by atoms with van der Waals surface area (Å²) in [6.45, 7) is 1.43. The van der Waals surface area contributed by atoms with Gasteiger partial charge >= 0.3 is 0 Å². The molecule has 2 aromatic heterocycles. The lowest BCUT2D eigenvalue weighted by molar-refractivity contribution is 0.0915. The maximum absolute atomic E-state index is 11.6. The summed E-state index contributed by atoms with van der Waals surface area (Å²) in [4.78, 5) is 11.6. The largest absolute Gasteiger partial charge is 0.351 e. The van der Waals surface area contributed by atoms with Crippen molar-refractivity contribution in [1.29, 1.82) is 0 Å². The Bertz CT molecular complexity index is 543. The molecule has 0 spiro atoms. The van der Waals surface area contributed by atoms with Gasteiger partial charge in [0.1, 0.15) is 0 Å². The van der Waals surface area contributed by atoms with Crippen LogP contribution in [0.5, 0.6) is 0 Å². The van der Waals surface area contributed by atoms with Gasteiger partial charge in [-0.2, -0.15) is 5.10 Å². The molecule has 6 nitrogen and oxygen atoms in total. The van der Waals surface area contributed by atoms with Gasteiger partial charge in [0.15, 0.2) is 0 Å². The van der Waals surface area contributed by atoms with Crippen molar-refractivity contribution in [2.75, 3.05) is 6.54 Å². The van der Waals surface area contributed by atoms with Crippen molar-refractivity contribution in [2.45, 2.75) is 31.7 Å². The molecule has 19 heavy (non-hydrogen) atoms. The Kier molecular flexibility index (Phi) is 3.31. The van der Waals surface area contributed by atoms with Gasteiger partial charge in [0.25, 0.3) is 5.91 Å². The van der Waals surface area contributed by atoms with E-state index < -0.39 is 0 Å². The van der Waals surface area contributed by atoms with Crippen LogP contribution < -0.4 is 5.32 Å². The van der Waals surface area contributed by atoms with Crippen LogP contribution in [0.25, 0.3) is 0 Å². The third-order valence-electron chi connectivity index (χ3n) is 3.24. The zero-order valence-corrected chi connectivity index (χ0v) is 10.6. The highest BCUT2D eigenvalue weighted by atomic mass is 16.5. The lowest BCUT2D eigenvalue weighted by Gasteiger charge is -2.07. The van der Waals surface area contributed by atoms with Crippen LogP contribution in [0.15, 0.2) is 29.0 Å². The molecule has 1 aliphatic rings. The Balaban J connectivity index is 1.43. The molecule has 1 aliphatic carbocycles. The predicted octanol–water partition coefficient (Wildman–Crippen LogP) is 1.57. The SMILES string of the molecule is O=C(NCCCn1nccc1C1CC1)c1ccno1. The van der Waals surface area contributed by atoms with Crippen molar-refractivity contribution in [2.24, 2.45) is 0 Å². The molecule has 1 N–H and O–H groups in total. The highest BCUT2D eigenvalue weighted by molar-refractivity contribution is 5.91. The maximum Gasteiger partial charge on any atom is 0.289 e. The van der Waals surface area contributed by atoms with E-state index in [-0.39, 0.29) is 11.7 Å². The summed E-state index contributed by atoms with van der Waals surface area (Å²) in [5.74, 6) is 0.726. The second-order valence-electron chi connectivity index (χ2n) is 4.74. The lowest BCUT2D eigenvalue weighted by atomic mass is 10.3. The lowest BCUT2D eigenvalue weighted by Crippen LogP contribution is -2.25. The maximum atomic E-state index is 11.6. The van der Waals surface area contributed by atoms with Crippen LogP contribution in [0.2, 0.25) is 0 Å². The third kappa shape index (κ3) is 2.83. The number of nitrogens with zero attached hydrogens (tertiary/aromatic N) is 3. The quantitative estimate of drug-likeness (QED) is 0.800. The minimum Gasteiger partial charge on any atom is -0.351 e. The number of hydrogen-bond donors (Lipinski definition) is 1. The van der Waals surface area contributed by atoms with Crippen LogP contribution in [0.4, 0.5) is 0 Å². The van der Waals surface area contributed by atoms with Crippen molar-refractivity contribution in [1.82, 2.24) is 20.3 Å². The Morgan fingerprint density at radius 2 is 2.32 bits per heavy atom. The van der Waals surface area contributed by atoms with Gasteiger partial charge in [-0.1, -0.05) is 5.16 Å². The van der Waals surface area contributed by atoms with E-state index in [0.717, 1.165) is 13.0 Å². The van der Waals surface area contributed by atoms with E-state index in [1.54, 1.807) is 6.07 Å². The molecule has 2 aromatic rings. The van der Waals surface area contributed by atoms with E-state index in [0.29, 0.717) is 12.5 Å². The van der Waals surface area contributed by atoms with Gasteiger partial charge in [0.2, 0.25) is 5.76 Å². The summed E-state index contributed by atoms with van der Waals surface area (Å²) < 4.78 is 6.82. The molecule has 2 heterocycles. The minimum atomic E-state index is -0.222. The number of rotatable bonds is 6. The van der Waals surface area contributed by atoms with Gasteiger partial charge < -0.3 is 9.84 Å². The number of aryl methyl sites for hydroxylation is 1. The normalized spacial score (nSPS) is 14.5. The molecule has 1 saturated carbocycles. The molecule has 1 fully saturated rings. The summed E-state index contributed by atoms with van der Waals surface area (Å²) in [7, 11) is 0. The van der Waals surface area contributed by atoms with Gasteiger partial charge in [-0.25, -0.2) is 0 Å². The fourth-order valence-electron chi connectivity index (χ4n) is 2.11. The average Bonchev–Trinajstić information content (AvgIpc) is 2.95. The number of nitrogens with one attached hydrogen (secondary N) is 1. The number of carbonyl (C=O) groups excluding carboxylic acids is 1. The molecule has 1 amide bonds. The average molecular weight is 260 g/mol. The van der Waals surface area contributed by atoms with E-state index in [1.165, 1.54) is 24.7 Å². The summed E-state index contributed by atoms with van der Waals surface area (Å²) in [6, 6.07) is 3.64. The Hall–Kier alpha value is -2.11. The molecule has 0 aromatic carbocycles. The predicted molar refractivity (Wildman–Crippen MR) is 67.7 cm³/mol. The number of hydrogen-bond acceptors (Lipinski definition) is 4. The van der Waals surface area contributed by atoms with E-state index >= 15 is 0 Å². The van der Waals surface area contributed by atoms with Crippen LogP contribution in [0.1, 0.15) is 41.4 Å². The minimum absolute atomic E-state index is 0.222. The Morgan fingerprint density at radius 3 is 3.05 bits per heavy atom. The molecule has 0 radical (unpaired) electrons. The zero-order chi connectivity index (χ0) is 13.1. The third-order valence-corrected chi connectivity index (χ3v) is 3.24. The number of carbonyl (C=O) groups is 1. The fourth-order valence-corrected chi connectivity index (χ4v) is 2.11. The van der Waals surface area contributed by atoms with E-state index in [1.807, 2.05) is 10.9 Å². The summed E-state index contributed by atoms with van der Waals surface area (Å²) in [5, 5.41) is 10.6. The zero-order valence-electron chi connectivity index (χ0n) is 10.6. The first-order valence-corrected chi connectivity index (χ1v) is 6.55. The van der Waals surface area contributed by atoms with Gasteiger partial charge in [-0.15, -0.1) is 0 Å². The first-order valence-electron chi connectivity index (χ1n) is 6.55. The van der Waals surface area contributed by atoms with Crippen LogP contribution in [-0.2, 0) is 6.54 Å². The number of aromatic nitrogens is 3. The standard InChI is InChI=1S/C13H16N4O2/c18-13(12-5-8-16-19-12)14-6-1-9-17-11(4-7-15-17)10-2-3-10/h4-5,7-8,10H,1-3,6,9H2,(H,14,18). The van der Waals surface area contributed by atoms with Gasteiger partial charge in [-0.3, -0.25) is 9.48 Å². The Labute approximate surface area is 110 Å². The fraction of sp³-hybridized carbons (Fsp3) is 0.462. The molecule has 0 saturated heterocycles. The van der Waals surface area contributed by atoms with E-state index in [4.69, 9.17) is 4.52 Å². The highest BCUT2D eigenvalue weighted by Crippen LogP contribution is 2.39. The van der Waals surface area contributed by atoms with Gasteiger partial charge in [0, 0.05) is 37.0 Å². The Morgan fingerprint density at radius 1 is 1.42 bits per heavy atom. The van der Waals surface area contributed by atoms with Crippen molar-refractivity contribution >= 4 is 5.91 Å². The first-order chi connectivity index (χ1) is 9.34. The molecular weight excluding hydrogens is 244 g/mol. The molecule has 100 valence electrons. The number of amides is 1. The van der Waals surface area contributed by atoms with Crippen molar-refractivity contribution < 1.29 is 9.32 Å². The van der Waals surface area contributed by atoms with Crippen molar-refractivity contribution in [3.05, 3.63) is 36.0 Å². The monoisotopic (exact) mass is 260 g/mol. The summed E-state index contributed by atoms with van der Waals surface area (Å²) in [5.41, 5.74) is 1.32. The van der Waals surface area contributed by atoms with Gasteiger partial charge in [-0.05, 0) is 25.3 Å². The molecule has 6 heteroatoms. The molecule has 0 unspecified atom stereocenters. The molecular formula is C13H16N4O2. The summed E-state index contributed by atoms with van der Waals surface area (Å²) >= 11 is 0. The highest BCUT2D eigenvalue weighted by Gasteiger charge is 2.26. The van der Waals surface area contributed by atoms with Crippen LogP contribution >= 0.6 is 0 Å². The van der Waals surface area contributed by atoms with Crippen molar-refractivity contribution in [3.8, 4) is 0 Å². The molecule has 0 aliphatic heterocycles. The second kappa shape index (κ2) is 5.26. The topological polar surface area (TPSA) is 73.0 Å².